The van der Waals surface area contributed by atoms with Crippen LogP contribution < -0.4 is 5.32 Å². The van der Waals surface area contributed by atoms with Crippen LogP contribution >= 0.6 is 0 Å². The molecule has 0 spiro atoms. The van der Waals surface area contributed by atoms with Gasteiger partial charge in [-0.1, -0.05) is 36.4 Å². The number of esters is 1. The van der Waals surface area contributed by atoms with Crippen molar-refractivity contribution in [1.82, 2.24) is 4.98 Å². The van der Waals surface area contributed by atoms with Crippen LogP contribution in [0.4, 0.5) is 5.69 Å². The zero-order valence-corrected chi connectivity index (χ0v) is 14.3. The molecule has 0 saturated heterocycles. The van der Waals surface area contributed by atoms with Crippen LogP contribution in [0.15, 0.2) is 48.5 Å². The van der Waals surface area contributed by atoms with Gasteiger partial charge in [0.15, 0.2) is 6.61 Å². The van der Waals surface area contributed by atoms with Gasteiger partial charge in [0.05, 0.1) is 6.42 Å². The first kappa shape index (κ1) is 16.8. The second-order valence-corrected chi connectivity index (χ2v) is 5.97. The Labute approximate surface area is 146 Å². The summed E-state index contributed by atoms with van der Waals surface area (Å²) in [6.45, 7) is 3.53. The average Bonchev–Trinajstić information content (AvgIpc) is 2.91. The number of carbonyl (C=O) groups excluding carboxylic acids is 2. The van der Waals surface area contributed by atoms with E-state index in [0.29, 0.717) is 0 Å². The molecule has 1 aromatic heterocycles. The fourth-order valence-corrected chi connectivity index (χ4v) is 2.80. The van der Waals surface area contributed by atoms with Gasteiger partial charge in [-0.3, -0.25) is 9.59 Å². The summed E-state index contributed by atoms with van der Waals surface area (Å²) in [5.74, 6) is -0.772. The number of nitrogens with one attached hydrogen (secondary N) is 2. The normalized spacial score (nSPS) is 10.6. The van der Waals surface area contributed by atoms with Gasteiger partial charge < -0.3 is 15.0 Å². The number of hydrogen-bond acceptors (Lipinski definition) is 3. The number of benzene rings is 2. The van der Waals surface area contributed by atoms with Crippen molar-refractivity contribution in [3.63, 3.8) is 0 Å². The summed E-state index contributed by atoms with van der Waals surface area (Å²) in [7, 11) is 0. The Hall–Kier alpha value is -3.08. The van der Waals surface area contributed by atoms with Gasteiger partial charge in [-0.15, -0.1) is 0 Å². The molecule has 5 heteroatoms. The summed E-state index contributed by atoms with van der Waals surface area (Å²) < 4.78 is 5.13. The largest absolute Gasteiger partial charge is 0.455 e. The number of anilines is 1. The molecule has 3 aromatic rings. The second kappa shape index (κ2) is 7.21. The highest BCUT2D eigenvalue weighted by Crippen LogP contribution is 2.22. The zero-order chi connectivity index (χ0) is 17.8. The van der Waals surface area contributed by atoms with E-state index in [1.54, 1.807) is 0 Å². The Balaban J connectivity index is 1.58. The number of hydrogen-bond donors (Lipinski definition) is 2. The molecule has 0 fully saturated rings. The number of fused-ring (bicyclic) bond motifs is 1. The predicted molar refractivity (Wildman–Crippen MR) is 97.5 cm³/mol. The molecule has 1 amide bonds. The highest BCUT2D eigenvalue weighted by Gasteiger charge is 2.14. The van der Waals surface area contributed by atoms with Crippen LogP contribution in [-0.2, 0) is 20.7 Å². The fourth-order valence-electron chi connectivity index (χ4n) is 2.80. The number of aromatic amines is 1. The summed E-state index contributed by atoms with van der Waals surface area (Å²) in [4.78, 5) is 27.3. The molecule has 0 saturated carbocycles. The summed E-state index contributed by atoms with van der Waals surface area (Å²) in [5, 5.41) is 3.74. The molecular weight excluding hydrogens is 316 g/mol. The van der Waals surface area contributed by atoms with E-state index in [9.17, 15) is 9.59 Å². The van der Waals surface area contributed by atoms with Crippen molar-refractivity contribution in [2.24, 2.45) is 0 Å². The fraction of sp³-hybridized carbons (Fsp3) is 0.200. The Bertz CT molecular complexity index is 928. The van der Waals surface area contributed by atoms with Gasteiger partial charge in [0.1, 0.15) is 0 Å². The first-order valence-corrected chi connectivity index (χ1v) is 8.12. The Morgan fingerprint density at radius 2 is 1.76 bits per heavy atom. The topological polar surface area (TPSA) is 71.2 Å². The van der Waals surface area contributed by atoms with Gasteiger partial charge in [-0.05, 0) is 37.1 Å². The Morgan fingerprint density at radius 3 is 2.56 bits per heavy atom. The summed E-state index contributed by atoms with van der Waals surface area (Å²) in [6.07, 6.45) is 0.132. The lowest BCUT2D eigenvalue weighted by Gasteiger charge is -2.09. The molecule has 0 radical (unpaired) electrons. The molecule has 0 atom stereocenters. The van der Waals surface area contributed by atoms with Crippen LogP contribution in [0, 0.1) is 13.8 Å². The molecule has 25 heavy (non-hydrogen) atoms. The maximum absolute atomic E-state index is 12.1. The lowest BCUT2D eigenvalue weighted by molar-refractivity contribution is -0.146. The lowest BCUT2D eigenvalue weighted by atomic mass is 10.1. The summed E-state index contributed by atoms with van der Waals surface area (Å²) >= 11 is 0. The Morgan fingerprint density at radius 1 is 1.04 bits per heavy atom. The quantitative estimate of drug-likeness (QED) is 0.701. The maximum atomic E-state index is 12.1. The smallest absolute Gasteiger partial charge is 0.310 e. The first-order valence-electron chi connectivity index (χ1n) is 8.12. The number of rotatable bonds is 5. The number of carbonyl (C=O) groups is 2. The third kappa shape index (κ3) is 3.88. The van der Waals surface area contributed by atoms with Gasteiger partial charge in [0.25, 0.3) is 5.91 Å². The van der Waals surface area contributed by atoms with E-state index in [0.717, 1.165) is 33.4 Å². The van der Waals surface area contributed by atoms with E-state index >= 15 is 0 Å². The molecule has 0 unspecified atom stereocenters. The van der Waals surface area contributed by atoms with E-state index in [2.05, 4.69) is 10.3 Å². The van der Waals surface area contributed by atoms with Crippen molar-refractivity contribution in [2.45, 2.75) is 20.3 Å². The molecule has 2 N–H and O–H groups in total. The maximum Gasteiger partial charge on any atom is 0.310 e. The monoisotopic (exact) mass is 336 g/mol. The SMILES string of the molecule is Cc1ccccc1NC(=O)COC(=O)Cc1c(C)[nH]c2ccccc12. The molecule has 128 valence electrons. The number of aromatic nitrogens is 1. The molecule has 2 aromatic carbocycles. The Kier molecular flexibility index (Phi) is 4.84. The molecule has 0 aliphatic heterocycles. The third-order valence-electron chi connectivity index (χ3n) is 4.13. The molecular formula is C20H20N2O3. The van der Waals surface area contributed by atoms with Crippen molar-refractivity contribution >= 4 is 28.5 Å². The van der Waals surface area contributed by atoms with Gasteiger partial charge in [-0.25, -0.2) is 0 Å². The number of aryl methyl sites for hydroxylation is 2. The van der Waals surface area contributed by atoms with Gasteiger partial charge >= 0.3 is 5.97 Å². The van der Waals surface area contributed by atoms with E-state index in [1.165, 1.54) is 0 Å². The predicted octanol–water partition coefficient (Wildman–Crippen LogP) is 3.51. The van der Waals surface area contributed by atoms with Gasteiger partial charge in [0, 0.05) is 22.3 Å². The van der Waals surface area contributed by atoms with Crippen molar-refractivity contribution in [2.75, 3.05) is 11.9 Å². The minimum Gasteiger partial charge on any atom is -0.455 e. The average molecular weight is 336 g/mol. The van der Waals surface area contributed by atoms with Crippen LogP contribution in [-0.4, -0.2) is 23.5 Å². The van der Waals surface area contributed by atoms with Crippen LogP contribution in [0.25, 0.3) is 10.9 Å². The third-order valence-corrected chi connectivity index (χ3v) is 4.13. The van der Waals surface area contributed by atoms with Crippen molar-refractivity contribution in [3.8, 4) is 0 Å². The van der Waals surface area contributed by atoms with E-state index in [1.807, 2.05) is 62.4 Å². The second-order valence-electron chi connectivity index (χ2n) is 5.97. The lowest BCUT2D eigenvalue weighted by Crippen LogP contribution is -2.22. The van der Waals surface area contributed by atoms with Crippen LogP contribution in [0.1, 0.15) is 16.8 Å². The number of ether oxygens (including phenoxy) is 1. The minimum absolute atomic E-state index is 0.132. The van der Waals surface area contributed by atoms with Crippen molar-refractivity contribution in [3.05, 3.63) is 65.4 Å². The number of H-pyrrole nitrogens is 1. The summed E-state index contributed by atoms with van der Waals surface area (Å²) in [6, 6.07) is 15.3. The standard InChI is InChI=1S/C20H20N2O3/c1-13-7-3-5-9-17(13)22-19(23)12-25-20(24)11-16-14(2)21-18-10-6-4-8-15(16)18/h3-10,21H,11-12H2,1-2H3,(H,22,23). The molecule has 0 bridgehead atoms. The molecule has 0 aliphatic rings. The minimum atomic E-state index is -0.423. The number of para-hydroxylation sites is 2. The first-order chi connectivity index (χ1) is 12.0. The van der Waals surface area contributed by atoms with Crippen molar-refractivity contribution < 1.29 is 14.3 Å². The molecule has 5 nitrogen and oxygen atoms in total. The van der Waals surface area contributed by atoms with Crippen LogP contribution in [0.2, 0.25) is 0 Å². The van der Waals surface area contributed by atoms with E-state index in [-0.39, 0.29) is 18.9 Å². The van der Waals surface area contributed by atoms with Crippen molar-refractivity contribution in [1.29, 1.82) is 0 Å². The van der Waals surface area contributed by atoms with Gasteiger partial charge in [0.2, 0.25) is 0 Å². The van der Waals surface area contributed by atoms with Gasteiger partial charge in [-0.2, -0.15) is 0 Å². The highest BCUT2D eigenvalue weighted by molar-refractivity contribution is 5.94. The summed E-state index contributed by atoms with van der Waals surface area (Å²) in [5.41, 5.74) is 4.50. The van der Waals surface area contributed by atoms with E-state index < -0.39 is 5.97 Å². The zero-order valence-electron chi connectivity index (χ0n) is 14.3. The highest BCUT2D eigenvalue weighted by atomic mass is 16.5. The molecule has 1 heterocycles. The van der Waals surface area contributed by atoms with Crippen LogP contribution in [0.3, 0.4) is 0 Å². The van der Waals surface area contributed by atoms with E-state index in [4.69, 9.17) is 4.74 Å². The van der Waals surface area contributed by atoms with Crippen LogP contribution in [0.5, 0.6) is 0 Å². The molecule has 0 aliphatic carbocycles. The number of amides is 1. The molecule has 3 rings (SSSR count).